The summed E-state index contributed by atoms with van der Waals surface area (Å²) in [5, 5.41) is 4.19. The molecule has 0 atom stereocenters. The highest BCUT2D eigenvalue weighted by Crippen LogP contribution is 2.20. The number of rotatable bonds is 3. The Morgan fingerprint density at radius 1 is 1.33 bits per heavy atom. The highest BCUT2D eigenvalue weighted by atomic mass is 15.3. The van der Waals surface area contributed by atoms with Crippen molar-refractivity contribution in [2.24, 2.45) is 0 Å². The molecule has 18 heavy (non-hydrogen) atoms. The van der Waals surface area contributed by atoms with Crippen LogP contribution in [0.4, 0.5) is 11.5 Å². The maximum atomic E-state index is 5.65. The van der Waals surface area contributed by atoms with E-state index in [2.05, 4.69) is 27.1 Å². The van der Waals surface area contributed by atoms with Gasteiger partial charge >= 0.3 is 0 Å². The number of hydrogen-bond acceptors (Lipinski definition) is 4. The smallest absolute Gasteiger partial charge is 0.128 e. The molecule has 3 rings (SSSR count). The maximum Gasteiger partial charge on any atom is 0.128 e. The molecule has 2 N–H and O–H groups in total. The number of pyridine rings is 1. The van der Waals surface area contributed by atoms with Crippen LogP contribution in [0.3, 0.4) is 0 Å². The second kappa shape index (κ2) is 4.33. The molecule has 2 aromatic heterocycles. The van der Waals surface area contributed by atoms with Crippen molar-refractivity contribution in [1.29, 1.82) is 0 Å². The van der Waals surface area contributed by atoms with E-state index < -0.39 is 0 Å². The van der Waals surface area contributed by atoms with E-state index in [1.165, 1.54) is 12.0 Å². The lowest BCUT2D eigenvalue weighted by molar-refractivity contribution is 0.607. The fraction of sp³-hybridized carbons (Fsp3) is 0.385. The van der Waals surface area contributed by atoms with Crippen molar-refractivity contribution in [1.82, 2.24) is 14.8 Å². The summed E-state index contributed by atoms with van der Waals surface area (Å²) in [6.45, 7) is 5.02. The average Bonchev–Trinajstić information content (AvgIpc) is 2.66. The summed E-state index contributed by atoms with van der Waals surface area (Å²) in [5.41, 5.74) is 8.59. The molecule has 0 aliphatic carbocycles. The number of aromatic nitrogens is 3. The van der Waals surface area contributed by atoms with Crippen molar-refractivity contribution in [2.45, 2.75) is 19.9 Å². The zero-order valence-electron chi connectivity index (χ0n) is 10.5. The van der Waals surface area contributed by atoms with Crippen LogP contribution < -0.4 is 10.6 Å². The summed E-state index contributed by atoms with van der Waals surface area (Å²) in [4.78, 5) is 6.95. The first-order valence-corrected chi connectivity index (χ1v) is 6.22. The van der Waals surface area contributed by atoms with E-state index in [0.29, 0.717) is 5.69 Å². The van der Waals surface area contributed by atoms with E-state index in [1.54, 1.807) is 6.20 Å². The highest BCUT2D eigenvalue weighted by molar-refractivity contribution is 5.43. The topological polar surface area (TPSA) is 60.0 Å². The van der Waals surface area contributed by atoms with Crippen LogP contribution in [-0.4, -0.2) is 27.9 Å². The molecule has 5 heteroatoms. The van der Waals surface area contributed by atoms with Crippen LogP contribution in [0.25, 0.3) is 0 Å². The van der Waals surface area contributed by atoms with Gasteiger partial charge in [-0.15, -0.1) is 0 Å². The Bertz CT molecular complexity index is 556. The number of nitrogens with two attached hydrogens (primary N) is 1. The third-order valence-corrected chi connectivity index (χ3v) is 3.35. The molecular formula is C13H17N5. The van der Waals surface area contributed by atoms with Crippen molar-refractivity contribution in [2.75, 3.05) is 23.7 Å². The molecular weight excluding hydrogens is 226 g/mol. The van der Waals surface area contributed by atoms with E-state index in [-0.39, 0.29) is 0 Å². The molecule has 2 aromatic rings. The Morgan fingerprint density at radius 3 is 2.72 bits per heavy atom. The second-order valence-corrected chi connectivity index (χ2v) is 4.73. The summed E-state index contributed by atoms with van der Waals surface area (Å²) in [5.74, 6) is 1.09. The largest absolute Gasteiger partial charge is 0.396 e. The average molecular weight is 243 g/mol. The molecule has 0 amide bonds. The van der Waals surface area contributed by atoms with Gasteiger partial charge in [0.15, 0.2) is 0 Å². The minimum atomic E-state index is 0.692. The molecule has 0 spiro atoms. The minimum Gasteiger partial charge on any atom is -0.396 e. The number of nitrogen functional groups attached to an aromatic ring is 1. The Labute approximate surface area is 106 Å². The zero-order valence-corrected chi connectivity index (χ0v) is 10.5. The fourth-order valence-electron chi connectivity index (χ4n) is 2.11. The van der Waals surface area contributed by atoms with Gasteiger partial charge in [-0.05, 0) is 25.0 Å². The van der Waals surface area contributed by atoms with E-state index in [9.17, 15) is 0 Å². The fourth-order valence-corrected chi connectivity index (χ4v) is 2.11. The van der Waals surface area contributed by atoms with Crippen molar-refractivity contribution in [3.8, 4) is 0 Å². The van der Waals surface area contributed by atoms with Crippen LogP contribution in [0.5, 0.6) is 0 Å². The zero-order chi connectivity index (χ0) is 12.5. The lowest BCUT2D eigenvalue weighted by atomic mass is 10.1. The van der Waals surface area contributed by atoms with Crippen molar-refractivity contribution in [3.63, 3.8) is 0 Å². The number of aryl methyl sites for hydroxylation is 1. The van der Waals surface area contributed by atoms with Gasteiger partial charge < -0.3 is 10.6 Å². The Morgan fingerprint density at radius 2 is 2.17 bits per heavy atom. The van der Waals surface area contributed by atoms with Crippen molar-refractivity contribution in [3.05, 3.63) is 35.8 Å². The van der Waals surface area contributed by atoms with Gasteiger partial charge in [-0.25, -0.2) is 4.98 Å². The van der Waals surface area contributed by atoms with Crippen LogP contribution in [0.2, 0.25) is 0 Å². The van der Waals surface area contributed by atoms with Gasteiger partial charge in [0.05, 0.1) is 18.4 Å². The third kappa shape index (κ3) is 2.03. The van der Waals surface area contributed by atoms with E-state index >= 15 is 0 Å². The lowest BCUT2D eigenvalue weighted by Crippen LogP contribution is -2.37. The molecule has 1 fully saturated rings. The molecule has 0 bridgehead atoms. The van der Waals surface area contributed by atoms with Gasteiger partial charge in [0.2, 0.25) is 0 Å². The van der Waals surface area contributed by atoms with Gasteiger partial charge in [0, 0.05) is 25.0 Å². The van der Waals surface area contributed by atoms with Crippen LogP contribution >= 0.6 is 0 Å². The monoisotopic (exact) mass is 243 g/mol. The number of anilines is 2. The minimum absolute atomic E-state index is 0.692. The van der Waals surface area contributed by atoms with Crippen molar-refractivity contribution < 1.29 is 0 Å². The quantitative estimate of drug-likeness (QED) is 0.886. The van der Waals surface area contributed by atoms with Crippen LogP contribution in [0.1, 0.15) is 17.7 Å². The van der Waals surface area contributed by atoms with Crippen LogP contribution in [0.15, 0.2) is 24.5 Å². The van der Waals surface area contributed by atoms with Gasteiger partial charge in [0.25, 0.3) is 0 Å². The molecule has 5 nitrogen and oxygen atoms in total. The Kier molecular flexibility index (Phi) is 2.66. The molecule has 1 aliphatic rings. The first kappa shape index (κ1) is 11.1. The lowest BCUT2D eigenvalue weighted by Gasteiger charge is -2.32. The summed E-state index contributed by atoms with van der Waals surface area (Å²) in [7, 11) is 0. The predicted octanol–water partition coefficient (Wildman–Crippen LogP) is 1.43. The maximum absolute atomic E-state index is 5.65. The summed E-state index contributed by atoms with van der Waals surface area (Å²) >= 11 is 0. The summed E-state index contributed by atoms with van der Waals surface area (Å²) in [6.07, 6.45) is 4.77. The molecule has 94 valence electrons. The molecule has 0 radical (unpaired) electrons. The van der Waals surface area contributed by atoms with E-state index in [1.807, 2.05) is 17.8 Å². The van der Waals surface area contributed by atoms with Crippen LogP contribution in [0, 0.1) is 6.92 Å². The predicted molar refractivity (Wildman–Crippen MR) is 71.5 cm³/mol. The van der Waals surface area contributed by atoms with Gasteiger partial charge in [-0.3, -0.25) is 4.68 Å². The standard InChI is InChI=1S/C13H17N5/c1-10-11(8-18-9-12(14)7-15-18)3-4-13(16-10)17-5-2-6-17/h3-4,7,9H,2,5-6,8,14H2,1H3. The molecule has 0 unspecified atom stereocenters. The summed E-state index contributed by atoms with van der Waals surface area (Å²) in [6, 6.07) is 4.22. The molecule has 0 aromatic carbocycles. The SMILES string of the molecule is Cc1nc(N2CCC2)ccc1Cn1cc(N)cn1. The van der Waals surface area contributed by atoms with Gasteiger partial charge in [-0.1, -0.05) is 6.07 Å². The molecule has 3 heterocycles. The van der Waals surface area contributed by atoms with Gasteiger partial charge in [-0.2, -0.15) is 5.10 Å². The van der Waals surface area contributed by atoms with E-state index in [4.69, 9.17) is 5.73 Å². The van der Waals surface area contributed by atoms with Crippen molar-refractivity contribution >= 4 is 11.5 Å². The second-order valence-electron chi connectivity index (χ2n) is 4.73. The number of hydrogen-bond donors (Lipinski definition) is 1. The molecule has 1 aliphatic heterocycles. The first-order chi connectivity index (χ1) is 8.72. The molecule has 1 saturated heterocycles. The summed E-state index contributed by atoms with van der Waals surface area (Å²) < 4.78 is 1.84. The van der Waals surface area contributed by atoms with Crippen LogP contribution in [-0.2, 0) is 6.54 Å². The first-order valence-electron chi connectivity index (χ1n) is 6.22. The normalized spacial score (nSPS) is 14.6. The van der Waals surface area contributed by atoms with Gasteiger partial charge in [0.1, 0.15) is 5.82 Å². The highest BCUT2D eigenvalue weighted by Gasteiger charge is 2.16. The third-order valence-electron chi connectivity index (χ3n) is 3.35. The Balaban J connectivity index is 1.80. The number of nitrogens with zero attached hydrogens (tertiary/aromatic N) is 4. The van der Waals surface area contributed by atoms with E-state index in [0.717, 1.165) is 31.1 Å². The Hall–Kier alpha value is -2.04. The molecule has 0 saturated carbocycles.